The molecule has 0 bridgehead atoms. The third-order valence-electron chi connectivity index (χ3n) is 8.52. The molecule has 0 fully saturated rings. The quantitative estimate of drug-likeness (QED) is 0.192. The van der Waals surface area contributed by atoms with Crippen LogP contribution in [0, 0.1) is 0 Å². The molecule has 0 unspecified atom stereocenters. The summed E-state index contributed by atoms with van der Waals surface area (Å²) in [6, 6.07) is 49.4. The van der Waals surface area contributed by atoms with E-state index in [1.165, 1.54) is 10.8 Å². The second kappa shape index (κ2) is 10.7. The minimum Gasteiger partial charge on any atom is -0.254 e. The van der Waals surface area contributed by atoms with E-state index in [0.29, 0.717) is 0 Å². The zero-order valence-corrected chi connectivity index (χ0v) is 24.7. The minimum atomic E-state index is 0.787. The van der Waals surface area contributed by atoms with Crippen molar-refractivity contribution in [3.63, 3.8) is 0 Å². The Bertz CT molecular complexity index is 2590. The first-order chi connectivity index (χ1) is 22.8. The monoisotopic (exact) mass is 587 g/mol. The molecule has 4 aromatic carbocycles. The summed E-state index contributed by atoms with van der Waals surface area (Å²) >= 11 is 0. The molecule has 0 aliphatic carbocycles. The first kappa shape index (κ1) is 26.1. The highest BCUT2D eigenvalue weighted by Gasteiger charge is 2.14. The highest BCUT2D eigenvalue weighted by molar-refractivity contribution is 6.11. The van der Waals surface area contributed by atoms with Crippen molar-refractivity contribution in [1.82, 2.24) is 24.9 Å². The van der Waals surface area contributed by atoms with Crippen molar-refractivity contribution in [3.05, 3.63) is 152 Å². The lowest BCUT2D eigenvalue weighted by molar-refractivity contribution is 1.23. The maximum Gasteiger partial charge on any atom is 0.0972 e. The van der Waals surface area contributed by atoms with E-state index in [4.69, 9.17) is 24.9 Å². The third kappa shape index (κ3) is 4.37. The van der Waals surface area contributed by atoms with Crippen LogP contribution in [-0.2, 0) is 0 Å². The molecule has 9 aromatic rings. The van der Waals surface area contributed by atoms with Crippen LogP contribution in [0.25, 0.3) is 88.8 Å². The lowest BCUT2D eigenvalue weighted by Crippen LogP contribution is -1.95. The summed E-state index contributed by atoms with van der Waals surface area (Å²) in [4.78, 5) is 25.0. The molecule has 9 rings (SSSR count). The van der Waals surface area contributed by atoms with Crippen molar-refractivity contribution in [2.45, 2.75) is 0 Å². The Kier molecular flexibility index (Phi) is 6.06. The molecule has 5 aromatic heterocycles. The summed E-state index contributed by atoms with van der Waals surface area (Å²) in [5.74, 6) is 0. The SMILES string of the molecule is c1cc(-c2ccc(-c3nc4ccccc4c4ccccc34)nc2)nc(-c2cccc(-c3nc4ccccc4c4ccccc34)n2)c1. The van der Waals surface area contributed by atoms with Gasteiger partial charge in [0, 0.05) is 33.3 Å². The van der Waals surface area contributed by atoms with E-state index in [0.717, 1.165) is 78.0 Å². The van der Waals surface area contributed by atoms with Gasteiger partial charge in [0.25, 0.3) is 0 Å². The zero-order chi connectivity index (χ0) is 30.5. The second-order valence-electron chi connectivity index (χ2n) is 11.3. The van der Waals surface area contributed by atoms with E-state index < -0.39 is 0 Å². The van der Waals surface area contributed by atoms with Crippen LogP contribution in [0.2, 0.25) is 0 Å². The maximum absolute atomic E-state index is 5.06. The van der Waals surface area contributed by atoms with Gasteiger partial charge in [-0.2, -0.15) is 0 Å². The van der Waals surface area contributed by atoms with E-state index >= 15 is 0 Å². The average molecular weight is 588 g/mol. The van der Waals surface area contributed by atoms with Crippen molar-refractivity contribution >= 4 is 43.4 Å². The fourth-order valence-electron chi connectivity index (χ4n) is 6.33. The summed E-state index contributed by atoms with van der Waals surface area (Å²) < 4.78 is 0. The smallest absolute Gasteiger partial charge is 0.0972 e. The van der Waals surface area contributed by atoms with Gasteiger partial charge in [0.15, 0.2) is 0 Å². The van der Waals surface area contributed by atoms with E-state index in [2.05, 4.69) is 84.9 Å². The molecule has 46 heavy (non-hydrogen) atoms. The van der Waals surface area contributed by atoms with Crippen LogP contribution >= 0.6 is 0 Å². The topological polar surface area (TPSA) is 64.5 Å². The van der Waals surface area contributed by atoms with Gasteiger partial charge in [0.05, 0.1) is 50.9 Å². The Morgan fingerprint density at radius 3 is 1.30 bits per heavy atom. The molecule has 5 heteroatoms. The van der Waals surface area contributed by atoms with E-state index in [1.807, 2.05) is 66.9 Å². The lowest BCUT2D eigenvalue weighted by atomic mass is 10.0. The van der Waals surface area contributed by atoms with Crippen molar-refractivity contribution < 1.29 is 0 Å². The first-order valence-electron chi connectivity index (χ1n) is 15.3. The number of pyridine rings is 5. The summed E-state index contributed by atoms with van der Waals surface area (Å²) in [5, 5.41) is 6.77. The fourth-order valence-corrected chi connectivity index (χ4v) is 6.33. The van der Waals surface area contributed by atoms with Crippen LogP contribution < -0.4 is 0 Å². The van der Waals surface area contributed by atoms with Gasteiger partial charge in [-0.05, 0) is 59.3 Å². The summed E-state index contributed by atoms with van der Waals surface area (Å²) in [7, 11) is 0. The van der Waals surface area contributed by atoms with Crippen LogP contribution in [0.1, 0.15) is 0 Å². The van der Waals surface area contributed by atoms with Crippen molar-refractivity contribution in [1.29, 1.82) is 0 Å². The molecule has 5 nitrogen and oxygen atoms in total. The molecule has 0 radical (unpaired) electrons. The predicted molar refractivity (Wildman–Crippen MR) is 187 cm³/mol. The number of hydrogen-bond donors (Lipinski definition) is 0. The Morgan fingerprint density at radius 1 is 0.283 bits per heavy atom. The Labute approximate surface area is 264 Å². The number of benzene rings is 4. The highest BCUT2D eigenvalue weighted by atomic mass is 14.8. The molecule has 0 spiro atoms. The van der Waals surface area contributed by atoms with Crippen LogP contribution in [-0.4, -0.2) is 24.9 Å². The average Bonchev–Trinajstić information content (AvgIpc) is 3.14. The molecule has 0 saturated heterocycles. The molecule has 5 heterocycles. The number of nitrogens with zero attached hydrogens (tertiary/aromatic N) is 5. The maximum atomic E-state index is 5.06. The summed E-state index contributed by atoms with van der Waals surface area (Å²) in [6.45, 7) is 0. The Balaban J connectivity index is 1.09. The number of aromatic nitrogens is 5. The molecular formula is C41H25N5. The Hall–Kier alpha value is -6.33. The van der Waals surface area contributed by atoms with Gasteiger partial charge in [0.1, 0.15) is 0 Å². The van der Waals surface area contributed by atoms with E-state index in [9.17, 15) is 0 Å². The molecule has 214 valence electrons. The molecule has 0 aliphatic heterocycles. The zero-order valence-electron chi connectivity index (χ0n) is 24.7. The van der Waals surface area contributed by atoms with Crippen LogP contribution in [0.3, 0.4) is 0 Å². The molecular weight excluding hydrogens is 562 g/mol. The van der Waals surface area contributed by atoms with Crippen molar-refractivity contribution in [3.8, 4) is 45.4 Å². The largest absolute Gasteiger partial charge is 0.254 e. The van der Waals surface area contributed by atoms with Gasteiger partial charge in [-0.25, -0.2) is 19.9 Å². The third-order valence-corrected chi connectivity index (χ3v) is 8.52. The Morgan fingerprint density at radius 2 is 0.739 bits per heavy atom. The van der Waals surface area contributed by atoms with Gasteiger partial charge in [0.2, 0.25) is 0 Å². The lowest BCUT2D eigenvalue weighted by Gasteiger charge is -2.11. The van der Waals surface area contributed by atoms with Gasteiger partial charge in [-0.1, -0.05) is 97.1 Å². The predicted octanol–water partition coefficient (Wildman–Crippen LogP) is 9.94. The van der Waals surface area contributed by atoms with Gasteiger partial charge >= 0.3 is 0 Å². The van der Waals surface area contributed by atoms with Crippen molar-refractivity contribution in [2.75, 3.05) is 0 Å². The first-order valence-corrected chi connectivity index (χ1v) is 15.3. The molecule has 0 amide bonds. The van der Waals surface area contributed by atoms with Gasteiger partial charge in [-0.15, -0.1) is 0 Å². The second-order valence-corrected chi connectivity index (χ2v) is 11.3. The molecule has 0 aliphatic rings. The highest BCUT2D eigenvalue weighted by Crippen LogP contribution is 2.34. The van der Waals surface area contributed by atoms with Crippen molar-refractivity contribution in [2.24, 2.45) is 0 Å². The number of fused-ring (bicyclic) bond motifs is 6. The normalized spacial score (nSPS) is 11.5. The summed E-state index contributed by atoms with van der Waals surface area (Å²) in [5.41, 5.74) is 8.61. The van der Waals surface area contributed by atoms with Crippen LogP contribution in [0.15, 0.2) is 152 Å². The van der Waals surface area contributed by atoms with Gasteiger partial charge in [-0.3, -0.25) is 4.98 Å². The van der Waals surface area contributed by atoms with Crippen LogP contribution in [0.5, 0.6) is 0 Å². The molecule has 0 saturated carbocycles. The minimum absolute atomic E-state index is 0.787. The van der Waals surface area contributed by atoms with Crippen LogP contribution in [0.4, 0.5) is 0 Å². The number of hydrogen-bond acceptors (Lipinski definition) is 5. The number of para-hydroxylation sites is 2. The molecule has 0 N–H and O–H groups in total. The van der Waals surface area contributed by atoms with E-state index in [-0.39, 0.29) is 0 Å². The standard InChI is InChI=1S/C41H25N5/c1-3-15-31-27(11-1)29-13-5-7-17-34(29)45-40(31)38-24-23-26(25-42-38)33-19-9-20-36(43-33)37-21-10-22-39(44-37)41-32-16-4-2-12-28(32)30-14-6-8-18-35(30)46-41/h1-25H. The summed E-state index contributed by atoms with van der Waals surface area (Å²) in [6.07, 6.45) is 1.88. The number of rotatable bonds is 4. The molecule has 0 atom stereocenters. The van der Waals surface area contributed by atoms with Gasteiger partial charge < -0.3 is 0 Å². The van der Waals surface area contributed by atoms with E-state index in [1.54, 1.807) is 0 Å². The fraction of sp³-hybridized carbons (Fsp3) is 0.